The van der Waals surface area contributed by atoms with E-state index in [-0.39, 0.29) is 5.91 Å². The first-order chi connectivity index (χ1) is 13.4. The van der Waals surface area contributed by atoms with Crippen molar-refractivity contribution in [2.24, 2.45) is 0 Å². The summed E-state index contributed by atoms with van der Waals surface area (Å²) in [4.78, 5) is 21.6. The quantitative estimate of drug-likeness (QED) is 0.683. The Morgan fingerprint density at radius 2 is 1.75 bits per heavy atom. The van der Waals surface area contributed by atoms with Crippen LogP contribution in [0.4, 0.5) is 11.5 Å². The van der Waals surface area contributed by atoms with Crippen LogP contribution in [0.25, 0.3) is 5.65 Å². The molecule has 0 aliphatic rings. The molecule has 0 bridgehead atoms. The third kappa shape index (κ3) is 3.96. The summed E-state index contributed by atoms with van der Waals surface area (Å²) in [5, 5.41) is 3.01. The summed E-state index contributed by atoms with van der Waals surface area (Å²) in [6.45, 7) is 8.55. The molecule has 3 rings (SSSR count). The van der Waals surface area contributed by atoms with Crippen LogP contribution in [0.3, 0.4) is 0 Å². The van der Waals surface area contributed by atoms with Crippen molar-refractivity contribution in [1.29, 1.82) is 0 Å². The number of aryl methyl sites for hydroxylation is 1. The Bertz CT molecular complexity index is 955. The molecule has 0 atom stereocenters. The Morgan fingerprint density at radius 1 is 1.07 bits per heavy atom. The SMILES string of the molecule is CCN(CC)c1c(C)nc2ccc(C(=O)NCc3ccc(N(C)C)cc3)cn12. The Labute approximate surface area is 166 Å². The molecule has 0 unspecified atom stereocenters. The number of pyridine rings is 1. The Hall–Kier alpha value is -3.02. The average Bonchev–Trinajstić information content (AvgIpc) is 3.02. The molecule has 2 aromatic heterocycles. The highest BCUT2D eigenvalue weighted by molar-refractivity contribution is 5.94. The van der Waals surface area contributed by atoms with Crippen molar-refractivity contribution in [3.05, 3.63) is 59.4 Å². The van der Waals surface area contributed by atoms with Crippen LogP contribution in [-0.2, 0) is 6.54 Å². The number of nitrogens with zero attached hydrogens (tertiary/aromatic N) is 4. The van der Waals surface area contributed by atoms with Gasteiger partial charge < -0.3 is 15.1 Å². The molecular weight excluding hydrogens is 350 g/mol. The molecule has 1 aromatic carbocycles. The van der Waals surface area contributed by atoms with Crippen molar-refractivity contribution in [2.75, 3.05) is 37.0 Å². The van der Waals surface area contributed by atoms with Crippen LogP contribution in [0, 0.1) is 6.92 Å². The molecule has 28 heavy (non-hydrogen) atoms. The highest BCUT2D eigenvalue weighted by Crippen LogP contribution is 2.22. The summed E-state index contributed by atoms with van der Waals surface area (Å²) in [5.74, 6) is 0.962. The fraction of sp³-hybridized carbons (Fsp3) is 0.364. The molecule has 6 nitrogen and oxygen atoms in total. The summed E-state index contributed by atoms with van der Waals surface area (Å²) < 4.78 is 2.02. The van der Waals surface area contributed by atoms with Crippen molar-refractivity contribution >= 4 is 23.1 Å². The predicted molar refractivity (Wildman–Crippen MR) is 115 cm³/mol. The largest absolute Gasteiger partial charge is 0.378 e. The van der Waals surface area contributed by atoms with E-state index in [2.05, 4.69) is 46.1 Å². The van der Waals surface area contributed by atoms with E-state index in [1.165, 1.54) is 0 Å². The number of carbonyl (C=O) groups is 1. The van der Waals surface area contributed by atoms with Gasteiger partial charge in [0.15, 0.2) is 0 Å². The number of fused-ring (bicyclic) bond motifs is 1. The lowest BCUT2D eigenvalue weighted by molar-refractivity contribution is 0.0950. The van der Waals surface area contributed by atoms with Crippen LogP contribution >= 0.6 is 0 Å². The lowest BCUT2D eigenvalue weighted by atomic mass is 10.2. The van der Waals surface area contributed by atoms with Crippen molar-refractivity contribution in [3.8, 4) is 0 Å². The fourth-order valence-electron chi connectivity index (χ4n) is 3.38. The van der Waals surface area contributed by atoms with Crippen molar-refractivity contribution in [2.45, 2.75) is 27.3 Å². The predicted octanol–water partition coefficient (Wildman–Crippen LogP) is 3.48. The van der Waals surface area contributed by atoms with E-state index in [1.807, 2.05) is 55.9 Å². The van der Waals surface area contributed by atoms with Gasteiger partial charge >= 0.3 is 0 Å². The van der Waals surface area contributed by atoms with E-state index in [9.17, 15) is 4.79 Å². The number of benzene rings is 1. The minimum absolute atomic E-state index is 0.0876. The van der Waals surface area contributed by atoms with Crippen molar-refractivity contribution in [1.82, 2.24) is 14.7 Å². The number of hydrogen-bond acceptors (Lipinski definition) is 4. The summed E-state index contributed by atoms with van der Waals surface area (Å²) in [6, 6.07) is 11.9. The molecule has 6 heteroatoms. The fourth-order valence-corrected chi connectivity index (χ4v) is 3.38. The van der Waals surface area contributed by atoms with Gasteiger partial charge in [-0.3, -0.25) is 9.20 Å². The van der Waals surface area contributed by atoms with Crippen molar-refractivity contribution in [3.63, 3.8) is 0 Å². The number of nitrogens with one attached hydrogen (secondary N) is 1. The highest BCUT2D eigenvalue weighted by Gasteiger charge is 2.15. The summed E-state index contributed by atoms with van der Waals surface area (Å²) in [5.41, 5.74) is 4.67. The summed E-state index contributed by atoms with van der Waals surface area (Å²) in [6.07, 6.45) is 1.88. The molecule has 0 aliphatic heterocycles. The minimum atomic E-state index is -0.0876. The van der Waals surface area contributed by atoms with Gasteiger partial charge in [0.05, 0.1) is 11.3 Å². The monoisotopic (exact) mass is 379 g/mol. The van der Waals surface area contributed by atoms with Gasteiger partial charge in [-0.25, -0.2) is 4.98 Å². The van der Waals surface area contributed by atoms with E-state index in [0.29, 0.717) is 12.1 Å². The summed E-state index contributed by atoms with van der Waals surface area (Å²) in [7, 11) is 4.02. The molecule has 0 radical (unpaired) electrons. The van der Waals surface area contributed by atoms with Gasteiger partial charge in [0.1, 0.15) is 11.5 Å². The topological polar surface area (TPSA) is 52.9 Å². The molecule has 148 valence electrons. The van der Waals surface area contributed by atoms with Crippen LogP contribution in [0.1, 0.15) is 35.5 Å². The zero-order valence-corrected chi connectivity index (χ0v) is 17.4. The van der Waals surface area contributed by atoms with Crippen molar-refractivity contribution < 1.29 is 4.79 Å². The number of carbonyl (C=O) groups excluding carboxylic acids is 1. The van der Waals surface area contributed by atoms with Gasteiger partial charge in [-0.1, -0.05) is 12.1 Å². The van der Waals surface area contributed by atoms with E-state index >= 15 is 0 Å². The van der Waals surface area contributed by atoms with Crippen LogP contribution in [0.2, 0.25) is 0 Å². The number of hydrogen-bond donors (Lipinski definition) is 1. The molecule has 1 N–H and O–H groups in total. The Kier molecular flexibility index (Phi) is 5.87. The van der Waals surface area contributed by atoms with Gasteiger partial charge in [0.25, 0.3) is 5.91 Å². The Morgan fingerprint density at radius 3 is 2.36 bits per heavy atom. The maximum Gasteiger partial charge on any atom is 0.253 e. The van der Waals surface area contributed by atoms with Crippen LogP contribution < -0.4 is 15.1 Å². The second-order valence-corrected chi connectivity index (χ2v) is 7.08. The molecule has 0 fully saturated rings. The lowest BCUT2D eigenvalue weighted by Gasteiger charge is -2.21. The first kappa shape index (κ1) is 19.7. The zero-order valence-electron chi connectivity index (χ0n) is 17.4. The van der Waals surface area contributed by atoms with E-state index in [4.69, 9.17) is 0 Å². The number of aromatic nitrogens is 2. The third-order valence-corrected chi connectivity index (χ3v) is 4.99. The lowest BCUT2D eigenvalue weighted by Crippen LogP contribution is -2.25. The highest BCUT2D eigenvalue weighted by atomic mass is 16.1. The average molecular weight is 380 g/mol. The van der Waals surface area contributed by atoms with Gasteiger partial charge in [-0.15, -0.1) is 0 Å². The van der Waals surface area contributed by atoms with E-state index < -0.39 is 0 Å². The van der Waals surface area contributed by atoms with E-state index in [0.717, 1.165) is 41.5 Å². The van der Waals surface area contributed by atoms with Crippen LogP contribution in [0.5, 0.6) is 0 Å². The van der Waals surface area contributed by atoms with Gasteiger partial charge in [0.2, 0.25) is 0 Å². The first-order valence-corrected chi connectivity index (χ1v) is 9.72. The molecule has 2 heterocycles. The molecule has 3 aromatic rings. The second kappa shape index (κ2) is 8.33. The molecule has 0 saturated heterocycles. The van der Waals surface area contributed by atoms with E-state index in [1.54, 1.807) is 0 Å². The maximum atomic E-state index is 12.7. The Balaban J connectivity index is 1.79. The molecule has 0 saturated carbocycles. The van der Waals surface area contributed by atoms with Crippen LogP contribution in [0.15, 0.2) is 42.6 Å². The standard InChI is InChI=1S/C22H29N5O/c1-6-26(7-2)22-16(3)24-20-13-10-18(15-27(20)22)21(28)23-14-17-8-11-19(12-9-17)25(4)5/h8-13,15H,6-7,14H2,1-5H3,(H,23,28). The molecule has 0 aliphatic carbocycles. The number of anilines is 2. The first-order valence-electron chi connectivity index (χ1n) is 9.72. The third-order valence-electron chi connectivity index (χ3n) is 4.99. The second-order valence-electron chi connectivity index (χ2n) is 7.08. The summed E-state index contributed by atoms with van der Waals surface area (Å²) >= 11 is 0. The number of imidazole rings is 1. The molecule has 0 spiro atoms. The smallest absolute Gasteiger partial charge is 0.253 e. The van der Waals surface area contributed by atoms with Gasteiger partial charge in [0, 0.05) is 45.6 Å². The maximum absolute atomic E-state index is 12.7. The molecular formula is C22H29N5O. The van der Waals surface area contributed by atoms with Gasteiger partial charge in [-0.05, 0) is 50.6 Å². The normalized spacial score (nSPS) is 10.9. The van der Waals surface area contributed by atoms with Gasteiger partial charge in [-0.2, -0.15) is 0 Å². The molecule has 1 amide bonds. The van der Waals surface area contributed by atoms with Crippen LogP contribution in [-0.4, -0.2) is 42.5 Å². The number of amides is 1. The zero-order chi connectivity index (χ0) is 20.3. The minimum Gasteiger partial charge on any atom is -0.378 e. The number of rotatable bonds is 7.